The van der Waals surface area contributed by atoms with Crippen LogP contribution in [0.2, 0.25) is 0 Å². The Morgan fingerprint density at radius 1 is 1.40 bits per heavy atom. The third-order valence-corrected chi connectivity index (χ3v) is 1.79. The summed E-state index contributed by atoms with van der Waals surface area (Å²) < 4.78 is 0.745. The molecular weight excluding hydrogens is 196 g/mol. The number of aromatic nitrogens is 4. The maximum atomic E-state index is 3.97. The Hall–Kier alpha value is -0.970. The van der Waals surface area contributed by atoms with Crippen LogP contribution in [0.4, 0.5) is 0 Å². The first kappa shape index (κ1) is 5.79. The van der Waals surface area contributed by atoms with Crippen molar-refractivity contribution in [3.05, 3.63) is 17.1 Å². The molecule has 0 spiro atoms. The second-order valence-corrected chi connectivity index (χ2v) is 2.55. The molecular formula is C5H3BrN4. The first-order chi connectivity index (χ1) is 4.88. The summed E-state index contributed by atoms with van der Waals surface area (Å²) in [5, 5.41) is 6.57. The van der Waals surface area contributed by atoms with Crippen molar-refractivity contribution in [2.75, 3.05) is 0 Å². The molecule has 0 unspecified atom stereocenters. The molecule has 2 aromatic heterocycles. The minimum Gasteiger partial charge on any atom is -0.273 e. The zero-order valence-corrected chi connectivity index (χ0v) is 6.46. The Morgan fingerprint density at radius 3 is 3.10 bits per heavy atom. The molecule has 1 N–H and O–H groups in total. The number of H-pyrrole nitrogens is 1. The number of aromatic amines is 1. The molecule has 2 aromatic rings. The third-order valence-electron chi connectivity index (χ3n) is 1.19. The van der Waals surface area contributed by atoms with Gasteiger partial charge in [0.1, 0.15) is 22.0 Å². The van der Waals surface area contributed by atoms with Gasteiger partial charge in [0.25, 0.3) is 0 Å². The Bertz CT molecular complexity index is 355. The van der Waals surface area contributed by atoms with Crippen molar-refractivity contribution in [1.82, 2.24) is 20.2 Å². The molecule has 4 nitrogen and oxygen atoms in total. The minimum absolute atomic E-state index is 0.745. The van der Waals surface area contributed by atoms with E-state index in [0.29, 0.717) is 0 Å². The van der Waals surface area contributed by atoms with Gasteiger partial charge in [0.05, 0.1) is 6.20 Å². The molecule has 0 fully saturated rings. The average Bonchev–Trinajstić information content (AvgIpc) is 2.36. The summed E-state index contributed by atoms with van der Waals surface area (Å²) in [5.41, 5.74) is 1.66. The first-order valence-corrected chi connectivity index (χ1v) is 3.47. The van der Waals surface area contributed by atoms with Crippen molar-refractivity contribution < 1.29 is 0 Å². The number of nitrogens with one attached hydrogen (secondary N) is 1. The molecule has 0 aliphatic heterocycles. The van der Waals surface area contributed by atoms with Gasteiger partial charge in [0.2, 0.25) is 0 Å². The smallest absolute Gasteiger partial charge is 0.135 e. The molecule has 0 bridgehead atoms. The second-order valence-electron chi connectivity index (χ2n) is 1.79. The number of hydrogen-bond donors (Lipinski definition) is 1. The van der Waals surface area contributed by atoms with Crippen molar-refractivity contribution in [3.8, 4) is 0 Å². The molecule has 50 valence electrons. The normalized spacial score (nSPS) is 10.5. The quantitative estimate of drug-likeness (QED) is 0.646. The van der Waals surface area contributed by atoms with Crippen molar-refractivity contribution in [2.45, 2.75) is 0 Å². The molecule has 10 heavy (non-hydrogen) atoms. The Morgan fingerprint density at radius 2 is 2.30 bits per heavy atom. The van der Waals surface area contributed by atoms with E-state index in [1.807, 2.05) is 0 Å². The lowest BCUT2D eigenvalue weighted by Gasteiger charge is -1.87. The average molecular weight is 199 g/mol. The predicted molar refractivity (Wildman–Crippen MR) is 39.4 cm³/mol. The van der Waals surface area contributed by atoms with Gasteiger partial charge in [-0.3, -0.25) is 5.10 Å². The summed E-state index contributed by atoms with van der Waals surface area (Å²) >= 11 is 3.25. The summed E-state index contributed by atoms with van der Waals surface area (Å²) in [6.07, 6.45) is 3.14. The lowest BCUT2D eigenvalue weighted by molar-refractivity contribution is 1.11. The van der Waals surface area contributed by atoms with Crippen LogP contribution in [0.3, 0.4) is 0 Å². The van der Waals surface area contributed by atoms with Gasteiger partial charge in [-0.1, -0.05) is 0 Å². The van der Waals surface area contributed by atoms with Gasteiger partial charge in [-0.25, -0.2) is 9.97 Å². The van der Waals surface area contributed by atoms with E-state index in [2.05, 4.69) is 36.1 Å². The third kappa shape index (κ3) is 0.706. The van der Waals surface area contributed by atoms with Gasteiger partial charge in [-0.15, -0.1) is 0 Å². The number of rotatable bonds is 0. The van der Waals surface area contributed by atoms with Crippen molar-refractivity contribution in [3.63, 3.8) is 0 Å². The van der Waals surface area contributed by atoms with Crippen LogP contribution in [0.15, 0.2) is 17.1 Å². The fourth-order valence-electron chi connectivity index (χ4n) is 0.736. The van der Waals surface area contributed by atoms with Crippen LogP contribution in [-0.2, 0) is 0 Å². The second kappa shape index (κ2) is 2.02. The molecule has 0 saturated heterocycles. The molecule has 0 aliphatic carbocycles. The molecule has 0 saturated carbocycles. The van der Waals surface area contributed by atoms with Gasteiger partial charge in [-0.2, -0.15) is 5.10 Å². The monoisotopic (exact) mass is 198 g/mol. The van der Waals surface area contributed by atoms with E-state index in [-0.39, 0.29) is 0 Å². The summed E-state index contributed by atoms with van der Waals surface area (Å²) in [6.45, 7) is 0. The fraction of sp³-hybridized carbons (Fsp3) is 0. The highest BCUT2D eigenvalue weighted by Crippen LogP contribution is 2.14. The standard InChI is InChI=1S/C5H3BrN4/c6-5-4-3(1-9-10-4)7-2-8-5/h1-2H,(H,9,10). The predicted octanol–water partition coefficient (Wildman–Crippen LogP) is 1.12. The summed E-state index contributed by atoms with van der Waals surface area (Å²) in [4.78, 5) is 7.88. The topological polar surface area (TPSA) is 54.5 Å². The van der Waals surface area contributed by atoms with Gasteiger partial charge in [0, 0.05) is 0 Å². The fourth-order valence-corrected chi connectivity index (χ4v) is 1.12. The maximum absolute atomic E-state index is 3.97. The molecule has 0 radical (unpaired) electrons. The van der Waals surface area contributed by atoms with E-state index in [4.69, 9.17) is 0 Å². The highest BCUT2D eigenvalue weighted by Gasteiger charge is 1.99. The van der Waals surface area contributed by atoms with Crippen LogP contribution < -0.4 is 0 Å². The van der Waals surface area contributed by atoms with Crippen molar-refractivity contribution in [1.29, 1.82) is 0 Å². The van der Waals surface area contributed by atoms with Crippen LogP contribution >= 0.6 is 15.9 Å². The van der Waals surface area contributed by atoms with Gasteiger partial charge >= 0.3 is 0 Å². The van der Waals surface area contributed by atoms with Crippen molar-refractivity contribution >= 4 is 27.0 Å². The number of fused-ring (bicyclic) bond motifs is 1. The summed E-state index contributed by atoms with van der Waals surface area (Å²) in [5.74, 6) is 0. The summed E-state index contributed by atoms with van der Waals surface area (Å²) in [7, 11) is 0. The van der Waals surface area contributed by atoms with Crippen molar-refractivity contribution in [2.24, 2.45) is 0 Å². The molecule has 0 aromatic carbocycles. The first-order valence-electron chi connectivity index (χ1n) is 2.67. The minimum atomic E-state index is 0.745. The largest absolute Gasteiger partial charge is 0.273 e. The van der Waals surface area contributed by atoms with Crippen LogP contribution in [0.1, 0.15) is 0 Å². The van der Waals surface area contributed by atoms with Crippen LogP contribution in [0.5, 0.6) is 0 Å². The molecule has 0 aliphatic rings. The van der Waals surface area contributed by atoms with Gasteiger partial charge in [0.15, 0.2) is 0 Å². The number of nitrogens with zero attached hydrogens (tertiary/aromatic N) is 3. The van der Waals surface area contributed by atoms with E-state index < -0.39 is 0 Å². The van der Waals surface area contributed by atoms with E-state index in [9.17, 15) is 0 Å². The Balaban J connectivity index is 2.95. The highest BCUT2D eigenvalue weighted by molar-refractivity contribution is 9.10. The van der Waals surface area contributed by atoms with E-state index >= 15 is 0 Å². The van der Waals surface area contributed by atoms with Gasteiger partial charge < -0.3 is 0 Å². The maximum Gasteiger partial charge on any atom is 0.135 e. The molecule has 0 atom stereocenters. The lowest BCUT2D eigenvalue weighted by Crippen LogP contribution is -1.79. The molecule has 5 heteroatoms. The van der Waals surface area contributed by atoms with Gasteiger partial charge in [-0.05, 0) is 15.9 Å². The number of hydrogen-bond acceptors (Lipinski definition) is 3. The summed E-state index contributed by atoms with van der Waals surface area (Å²) in [6, 6.07) is 0. The van der Waals surface area contributed by atoms with E-state index in [1.165, 1.54) is 6.33 Å². The Kier molecular flexibility index (Phi) is 1.17. The molecule has 2 rings (SSSR count). The zero-order valence-electron chi connectivity index (χ0n) is 4.87. The molecule has 2 heterocycles. The van der Waals surface area contributed by atoms with E-state index in [1.54, 1.807) is 6.20 Å². The van der Waals surface area contributed by atoms with E-state index in [0.717, 1.165) is 15.6 Å². The Labute approximate surface area is 64.8 Å². The van der Waals surface area contributed by atoms with Crippen LogP contribution in [-0.4, -0.2) is 20.2 Å². The zero-order chi connectivity index (χ0) is 6.97. The molecule has 0 amide bonds. The SMILES string of the molecule is Brc1ncnc2cn[nH]c12. The van der Waals surface area contributed by atoms with Crippen LogP contribution in [0.25, 0.3) is 11.0 Å². The highest BCUT2D eigenvalue weighted by atomic mass is 79.9. The van der Waals surface area contributed by atoms with Crippen LogP contribution in [0, 0.1) is 0 Å². The number of halogens is 1. The lowest BCUT2D eigenvalue weighted by atomic mass is 10.5.